The highest BCUT2D eigenvalue weighted by Gasteiger charge is 2.41. The fourth-order valence-electron chi connectivity index (χ4n) is 5.37. The first-order valence-corrected chi connectivity index (χ1v) is 15.3. The highest BCUT2D eigenvalue weighted by molar-refractivity contribution is 7.92. The molecule has 0 saturated carbocycles. The standard InChI is InChI=1S/C29H29F3N8O3S/c1-38-13-11-19(12-14-38)18-7-9-20(10-8-18)43-27-25(29(30,31)32)26(22-5-4-6-24-23(22)16-34-40(24)3)35-28(36-27)37-44(41,42)21-15-33-39(2)17-21/h4-10,15-17,19H,11-14H2,1-3H3,(H,35,36,37). The van der Waals surface area contributed by atoms with Crippen LogP contribution in [0.1, 0.15) is 29.9 Å². The van der Waals surface area contributed by atoms with Gasteiger partial charge in [0.25, 0.3) is 10.0 Å². The second kappa shape index (κ2) is 11.2. The maximum Gasteiger partial charge on any atom is 0.423 e. The number of benzene rings is 2. The van der Waals surface area contributed by atoms with Gasteiger partial charge in [0.2, 0.25) is 11.8 Å². The monoisotopic (exact) mass is 626 g/mol. The van der Waals surface area contributed by atoms with E-state index in [4.69, 9.17) is 4.74 Å². The molecule has 11 nitrogen and oxygen atoms in total. The molecule has 0 aliphatic carbocycles. The Morgan fingerprint density at radius 2 is 1.68 bits per heavy atom. The first-order chi connectivity index (χ1) is 20.9. The molecule has 0 atom stereocenters. The van der Waals surface area contributed by atoms with E-state index in [0.717, 1.165) is 37.7 Å². The number of nitrogens with one attached hydrogen (secondary N) is 1. The molecule has 15 heteroatoms. The number of fused-ring (bicyclic) bond motifs is 1. The van der Waals surface area contributed by atoms with Gasteiger partial charge < -0.3 is 9.64 Å². The lowest BCUT2D eigenvalue weighted by atomic mass is 9.90. The Bertz CT molecular complexity index is 1930. The molecular formula is C29H29F3N8O3S. The third-order valence-electron chi connectivity index (χ3n) is 7.71. The Morgan fingerprint density at radius 3 is 2.34 bits per heavy atom. The van der Waals surface area contributed by atoms with Crippen LogP contribution in [0, 0.1) is 0 Å². The average Bonchev–Trinajstić information content (AvgIpc) is 3.59. The third-order valence-corrected chi connectivity index (χ3v) is 8.99. The highest BCUT2D eigenvalue weighted by atomic mass is 32.2. The predicted octanol–water partition coefficient (Wildman–Crippen LogP) is 5.18. The smallest absolute Gasteiger partial charge is 0.423 e. The number of aryl methyl sites for hydroxylation is 2. The van der Waals surface area contributed by atoms with Crippen molar-refractivity contribution in [3.63, 3.8) is 0 Å². The van der Waals surface area contributed by atoms with E-state index in [1.165, 1.54) is 34.9 Å². The Morgan fingerprint density at radius 1 is 0.955 bits per heavy atom. The van der Waals surface area contributed by atoms with Crippen molar-refractivity contribution in [1.29, 1.82) is 0 Å². The van der Waals surface area contributed by atoms with Crippen LogP contribution in [0.25, 0.3) is 22.2 Å². The van der Waals surface area contributed by atoms with E-state index in [0.29, 0.717) is 16.8 Å². The molecule has 0 bridgehead atoms. The van der Waals surface area contributed by atoms with Crippen LogP contribution in [0.4, 0.5) is 19.1 Å². The maximum absolute atomic E-state index is 14.8. The Kier molecular flexibility index (Phi) is 7.53. The summed E-state index contributed by atoms with van der Waals surface area (Å²) in [5.41, 5.74) is -0.114. The topological polar surface area (TPSA) is 120 Å². The number of alkyl halides is 3. The second-order valence-electron chi connectivity index (χ2n) is 10.8. The van der Waals surface area contributed by atoms with Crippen LogP contribution in [0.2, 0.25) is 0 Å². The Labute approximate surface area is 251 Å². The summed E-state index contributed by atoms with van der Waals surface area (Å²) in [6.07, 6.45) is 0.758. The van der Waals surface area contributed by atoms with Crippen LogP contribution in [-0.4, -0.2) is 63.0 Å². The van der Waals surface area contributed by atoms with Crippen molar-refractivity contribution in [3.8, 4) is 22.9 Å². The number of piperidine rings is 1. The number of rotatable bonds is 7. The number of likely N-dealkylation sites (tertiary alicyclic amines) is 1. The minimum Gasteiger partial charge on any atom is -0.438 e. The number of hydrogen-bond donors (Lipinski definition) is 1. The molecular weight excluding hydrogens is 597 g/mol. The SMILES string of the molecule is CN1CCC(c2ccc(Oc3nc(NS(=O)(=O)c4cnn(C)c4)nc(-c4cccc5c4cnn5C)c3C(F)(F)F)cc2)CC1. The van der Waals surface area contributed by atoms with Crippen LogP contribution in [0.3, 0.4) is 0 Å². The van der Waals surface area contributed by atoms with E-state index in [9.17, 15) is 21.6 Å². The predicted molar refractivity (Wildman–Crippen MR) is 157 cm³/mol. The number of ether oxygens (including phenoxy) is 1. The number of sulfonamides is 1. The molecule has 44 heavy (non-hydrogen) atoms. The van der Waals surface area contributed by atoms with Gasteiger partial charge in [-0.15, -0.1) is 0 Å². The first kappa shape index (κ1) is 29.6. The van der Waals surface area contributed by atoms with Crippen molar-refractivity contribution in [2.45, 2.75) is 29.8 Å². The van der Waals surface area contributed by atoms with Gasteiger partial charge in [-0.1, -0.05) is 24.3 Å². The van der Waals surface area contributed by atoms with Crippen LogP contribution in [0.5, 0.6) is 11.6 Å². The van der Waals surface area contributed by atoms with E-state index in [1.54, 1.807) is 31.3 Å². The fraction of sp³-hybridized carbons (Fsp3) is 0.310. The lowest BCUT2D eigenvalue weighted by molar-refractivity contribution is -0.138. The summed E-state index contributed by atoms with van der Waals surface area (Å²) in [5.74, 6) is -1.00. The maximum atomic E-state index is 14.8. The molecule has 0 spiro atoms. The molecule has 1 saturated heterocycles. The molecule has 1 fully saturated rings. The highest BCUT2D eigenvalue weighted by Crippen LogP contribution is 2.45. The summed E-state index contributed by atoms with van der Waals surface area (Å²) < 4.78 is 81.5. The van der Waals surface area contributed by atoms with Crippen LogP contribution < -0.4 is 9.46 Å². The Balaban J connectivity index is 1.47. The molecule has 4 heterocycles. The summed E-state index contributed by atoms with van der Waals surface area (Å²) in [6, 6.07) is 11.6. The van der Waals surface area contributed by atoms with Crippen LogP contribution >= 0.6 is 0 Å². The number of nitrogens with zero attached hydrogens (tertiary/aromatic N) is 7. The van der Waals surface area contributed by atoms with Gasteiger partial charge in [-0.2, -0.15) is 28.4 Å². The van der Waals surface area contributed by atoms with Gasteiger partial charge in [0.15, 0.2) is 0 Å². The molecule has 5 aromatic rings. The molecule has 2 aromatic carbocycles. The van der Waals surface area contributed by atoms with E-state index in [2.05, 4.69) is 36.8 Å². The lowest BCUT2D eigenvalue weighted by Gasteiger charge is -2.29. The summed E-state index contributed by atoms with van der Waals surface area (Å²) in [5, 5.41) is 8.42. The van der Waals surface area contributed by atoms with Gasteiger partial charge in [0.1, 0.15) is 16.2 Å². The summed E-state index contributed by atoms with van der Waals surface area (Å²) in [7, 11) is 0.959. The molecule has 1 aliphatic heterocycles. The van der Waals surface area contributed by atoms with E-state index in [-0.39, 0.29) is 16.2 Å². The molecule has 6 rings (SSSR count). The minimum absolute atomic E-state index is 0.0783. The number of halogens is 3. The van der Waals surface area contributed by atoms with Crippen molar-refractivity contribution in [2.75, 3.05) is 24.9 Å². The summed E-state index contributed by atoms with van der Waals surface area (Å²) in [4.78, 5) is 10.1. The molecule has 0 unspecified atom stereocenters. The molecule has 1 N–H and O–H groups in total. The van der Waals surface area contributed by atoms with Gasteiger partial charge in [-0.25, -0.2) is 18.1 Å². The number of hydrogen-bond acceptors (Lipinski definition) is 8. The van der Waals surface area contributed by atoms with Crippen molar-refractivity contribution in [1.82, 2.24) is 34.4 Å². The fourth-order valence-corrected chi connectivity index (χ4v) is 6.30. The summed E-state index contributed by atoms with van der Waals surface area (Å²) in [6.45, 7) is 1.92. The lowest BCUT2D eigenvalue weighted by Crippen LogP contribution is -2.29. The quantitative estimate of drug-likeness (QED) is 0.262. The minimum atomic E-state index is -4.97. The van der Waals surface area contributed by atoms with Gasteiger partial charge >= 0.3 is 6.18 Å². The van der Waals surface area contributed by atoms with E-state index < -0.39 is 39.3 Å². The van der Waals surface area contributed by atoms with Gasteiger partial charge in [0, 0.05) is 31.2 Å². The molecule has 0 amide bonds. The van der Waals surface area contributed by atoms with Gasteiger partial charge in [-0.3, -0.25) is 9.36 Å². The average molecular weight is 627 g/mol. The van der Waals surface area contributed by atoms with Gasteiger partial charge in [-0.05, 0) is 62.7 Å². The summed E-state index contributed by atoms with van der Waals surface area (Å²) >= 11 is 0. The van der Waals surface area contributed by atoms with Crippen molar-refractivity contribution < 1.29 is 26.3 Å². The normalized spacial score (nSPS) is 15.1. The van der Waals surface area contributed by atoms with E-state index >= 15 is 0 Å². The molecule has 230 valence electrons. The first-order valence-electron chi connectivity index (χ1n) is 13.8. The van der Waals surface area contributed by atoms with Gasteiger partial charge in [0.05, 0.1) is 23.6 Å². The zero-order valence-electron chi connectivity index (χ0n) is 24.1. The largest absolute Gasteiger partial charge is 0.438 e. The number of anilines is 1. The Hall–Kier alpha value is -4.50. The zero-order chi connectivity index (χ0) is 31.2. The third kappa shape index (κ3) is 5.84. The number of aromatic nitrogens is 6. The zero-order valence-corrected chi connectivity index (χ0v) is 24.9. The van der Waals surface area contributed by atoms with Crippen LogP contribution in [-0.2, 0) is 30.3 Å². The van der Waals surface area contributed by atoms with Crippen molar-refractivity contribution >= 4 is 26.9 Å². The second-order valence-corrected chi connectivity index (χ2v) is 12.5. The van der Waals surface area contributed by atoms with Crippen LogP contribution in [0.15, 0.2) is 66.0 Å². The van der Waals surface area contributed by atoms with Crippen molar-refractivity contribution in [3.05, 3.63) is 72.2 Å². The molecule has 1 aliphatic rings. The molecule has 3 aromatic heterocycles. The van der Waals surface area contributed by atoms with E-state index in [1.807, 2.05) is 12.1 Å². The van der Waals surface area contributed by atoms with Crippen molar-refractivity contribution in [2.24, 2.45) is 14.1 Å². The molecule has 0 radical (unpaired) electrons.